The summed E-state index contributed by atoms with van der Waals surface area (Å²) in [6.45, 7) is 1.85. The van der Waals surface area contributed by atoms with Gasteiger partial charge in [-0.3, -0.25) is 0 Å². The Morgan fingerprint density at radius 2 is 2.13 bits per heavy atom. The van der Waals surface area contributed by atoms with Gasteiger partial charge in [0, 0.05) is 12.4 Å². The first-order valence-electron chi connectivity index (χ1n) is 5.57. The molecule has 1 aliphatic rings. The maximum atomic E-state index is 4.17. The van der Waals surface area contributed by atoms with Crippen molar-refractivity contribution in [2.45, 2.75) is 25.8 Å². The first-order chi connectivity index (χ1) is 7.45. The topological polar surface area (TPSA) is 37.8 Å². The standard InChI is InChI=1S/C12H17N3/c1-2-5-11(6-3-1)9-13-10-12-14-7-4-8-15-12/h1-2,4,7-8,11,13H,3,5-6,9-10H2. The number of allylic oxidation sites excluding steroid dienone is 2. The van der Waals surface area contributed by atoms with Crippen LogP contribution in [-0.4, -0.2) is 16.5 Å². The Labute approximate surface area is 90.6 Å². The van der Waals surface area contributed by atoms with Crippen molar-refractivity contribution >= 4 is 0 Å². The molecule has 1 aromatic heterocycles. The smallest absolute Gasteiger partial charge is 0.141 e. The van der Waals surface area contributed by atoms with Crippen molar-refractivity contribution in [3.05, 3.63) is 36.4 Å². The van der Waals surface area contributed by atoms with Crippen molar-refractivity contribution in [2.24, 2.45) is 5.92 Å². The van der Waals surface area contributed by atoms with Crippen molar-refractivity contribution in [1.82, 2.24) is 15.3 Å². The lowest BCUT2D eigenvalue weighted by molar-refractivity contribution is 0.437. The maximum Gasteiger partial charge on any atom is 0.141 e. The van der Waals surface area contributed by atoms with Crippen LogP contribution in [0.1, 0.15) is 25.1 Å². The molecule has 0 saturated heterocycles. The number of rotatable bonds is 4. The molecule has 0 saturated carbocycles. The van der Waals surface area contributed by atoms with Crippen LogP contribution in [0.2, 0.25) is 0 Å². The van der Waals surface area contributed by atoms with Crippen LogP contribution in [0.15, 0.2) is 30.6 Å². The Kier molecular flexibility index (Phi) is 3.85. The van der Waals surface area contributed by atoms with Crippen LogP contribution in [0, 0.1) is 5.92 Å². The molecule has 0 bridgehead atoms. The SMILES string of the molecule is C1=CCC(CNCc2ncccn2)CC1. The van der Waals surface area contributed by atoms with E-state index in [9.17, 15) is 0 Å². The van der Waals surface area contributed by atoms with Gasteiger partial charge in [-0.1, -0.05) is 12.2 Å². The molecular formula is C12H17N3. The number of hydrogen-bond acceptors (Lipinski definition) is 3. The fraction of sp³-hybridized carbons (Fsp3) is 0.500. The lowest BCUT2D eigenvalue weighted by atomic mass is 9.94. The highest BCUT2D eigenvalue weighted by Crippen LogP contribution is 2.16. The Balaban J connectivity index is 1.68. The number of aromatic nitrogens is 2. The van der Waals surface area contributed by atoms with Crippen molar-refractivity contribution in [1.29, 1.82) is 0 Å². The van der Waals surface area contributed by atoms with Crippen LogP contribution >= 0.6 is 0 Å². The third-order valence-corrected chi connectivity index (χ3v) is 2.71. The summed E-state index contributed by atoms with van der Waals surface area (Å²) >= 11 is 0. The summed E-state index contributed by atoms with van der Waals surface area (Å²) in [5.74, 6) is 1.67. The summed E-state index contributed by atoms with van der Waals surface area (Å²) in [7, 11) is 0. The van der Waals surface area contributed by atoms with Gasteiger partial charge in [0.05, 0.1) is 6.54 Å². The second kappa shape index (κ2) is 5.61. The molecule has 0 spiro atoms. The molecule has 0 amide bonds. The molecule has 1 unspecified atom stereocenters. The van der Waals surface area contributed by atoms with Crippen molar-refractivity contribution < 1.29 is 0 Å². The minimum atomic E-state index is 0.779. The number of hydrogen-bond donors (Lipinski definition) is 1. The Morgan fingerprint density at radius 1 is 1.27 bits per heavy atom. The molecule has 2 rings (SSSR count). The van der Waals surface area contributed by atoms with Gasteiger partial charge in [0.15, 0.2) is 0 Å². The maximum absolute atomic E-state index is 4.17. The van der Waals surface area contributed by atoms with Crippen molar-refractivity contribution in [2.75, 3.05) is 6.54 Å². The quantitative estimate of drug-likeness (QED) is 0.760. The second-order valence-corrected chi connectivity index (χ2v) is 3.95. The summed E-state index contributed by atoms with van der Waals surface area (Å²) in [5.41, 5.74) is 0. The molecule has 1 heterocycles. The molecule has 1 atom stereocenters. The van der Waals surface area contributed by atoms with Crippen molar-refractivity contribution in [3.8, 4) is 0 Å². The first-order valence-corrected chi connectivity index (χ1v) is 5.57. The average molecular weight is 203 g/mol. The molecule has 1 aliphatic carbocycles. The van der Waals surface area contributed by atoms with Gasteiger partial charge in [-0.25, -0.2) is 9.97 Å². The van der Waals surface area contributed by atoms with Gasteiger partial charge in [-0.05, 0) is 37.8 Å². The van der Waals surface area contributed by atoms with Gasteiger partial charge in [-0.15, -0.1) is 0 Å². The molecule has 15 heavy (non-hydrogen) atoms. The van der Waals surface area contributed by atoms with E-state index in [0.717, 1.165) is 24.8 Å². The molecule has 3 nitrogen and oxygen atoms in total. The zero-order valence-corrected chi connectivity index (χ0v) is 8.89. The predicted molar refractivity (Wildman–Crippen MR) is 60.2 cm³/mol. The van der Waals surface area contributed by atoms with Crippen LogP contribution < -0.4 is 5.32 Å². The summed E-state index contributed by atoms with van der Waals surface area (Å²) in [6, 6.07) is 1.84. The highest BCUT2D eigenvalue weighted by atomic mass is 15.0. The van der Waals surface area contributed by atoms with Gasteiger partial charge in [-0.2, -0.15) is 0 Å². The molecular weight excluding hydrogens is 186 g/mol. The van der Waals surface area contributed by atoms with Crippen LogP contribution in [0.25, 0.3) is 0 Å². The fourth-order valence-electron chi connectivity index (χ4n) is 1.85. The van der Waals surface area contributed by atoms with E-state index in [-0.39, 0.29) is 0 Å². The molecule has 80 valence electrons. The van der Waals surface area contributed by atoms with E-state index in [2.05, 4.69) is 27.4 Å². The lowest BCUT2D eigenvalue weighted by Crippen LogP contribution is -2.23. The molecule has 1 N–H and O–H groups in total. The third kappa shape index (κ3) is 3.44. The van der Waals surface area contributed by atoms with E-state index < -0.39 is 0 Å². The second-order valence-electron chi connectivity index (χ2n) is 3.95. The van der Waals surface area contributed by atoms with Gasteiger partial charge < -0.3 is 5.32 Å². The van der Waals surface area contributed by atoms with Crippen molar-refractivity contribution in [3.63, 3.8) is 0 Å². The summed E-state index contributed by atoms with van der Waals surface area (Å²) in [5, 5.41) is 3.41. The van der Waals surface area contributed by atoms with Gasteiger partial charge in [0.2, 0.25) is 0 Å². The average Bonchev–Trinajstić information content (AvgIpc) is 2.32. The molecule has 0 aromatic carbocycles. The van der Waals surface area contributed by atoms with Crippen LogP contribution in [0.4, 0.5) is 0 Å². The Bertz CT molecular complexity index is 308. The van der Waals surface area contributed by atoms with E-state index in [1.165, 1.54) is 19.3 Å². The zero-order valence-electron chi connectivity index (χ0n) is 8.89. The monoisotopic (exact) mass is 203 g/mol. The van der Waals surface area contributed by atoms with Crippen LogP contribution in [0.3, 0.4) is 0 Å². The molecule has 1 aromatic rings. The van der Waals surface area contributed by atoms with E-state index >= 15 is 0 Å². The number of nitrogens with zero attached hydrogens (tertiary/aromatic N) is 2. The van der Waals surface area contributed by atoms with E-state index in [1.807, 2.05) is 6.07 Å². The minimum Gasteiger partial charge on any atom is -0.310 e. The first kappa shape index (κ1) is 10.3. The largest absolute Gasteiger partial charge is 0.310 e. The van der Waals surface area contributed by atoms with Gasteiger partial charge >= 0.3 is 0 Å². The van der Waals surface area contributed by atoms with E-state index in [4.69, 9.17) is 0 Å². The molecule has 3 heteroatoms. The summed E-state index contributed by atoms with van der Waals surface area (Å²) < 4.78 is 0. The fourth-order valence-corrected chi connectivity index (χ4v) is 1.85. The van der Waals surface area contributed by atoms with Gasteiger partial charge in [0.25, 0.3) is 0 Å². The highest BCUT2D eigenvalue weighted by Gasteiger charge is 2.08. The Morgan fingerprint density at radius 3 is 2.87 bits per heavy atom. The van der Waals surface area contributed by atoms with E-state index in [0.29, 0.717) is 0 Å². The summed E-state index contributed by atoms with van der Waals surface area (Å²) in [4.78, 5) is 8.35. The third-order valence-electron chi connectivity index (χ3n) is 2.71. The normalized spacial score (nSPS) is 20.4. The minimum absolute atomic E-state index is 0.779. The summed E-state index contributed by atoms with van der Waals surface area (Å²) in [6.07, 6.45) is 11.9. The zero-order chi connectivity index (χ0) is 10.3. The van der Waals surface area contributed by atoms with Crippen LogP contribution in [0.5, 0.6) is 0 Å². The van der Waals surface area contributed by atoms with Gasteiger partial charge in [0.1, 0.15) is 5.82 Å². The predicted octanol–water partition coefficient (Wildman–Crippen LogP) is 1.92. The number of nitrogens with one attached hydrogen (secondary N) is 1. The molecule has 0 fully saturated rings. The van der Waals surface area contributed by atoms with E-state index in [1.54, 1.807) is 12.4 Å². The highest BCUT2D eigenvalue weighted by molar-refractivity contribution is 4.91. The van der Waals surface area contributed by atoms with Crippen LogP contribution in [-0.2, 0) is 6.54 Å². The molecule has 0 aliphatic heterocycles. The molecule has 0 radical (unpaired) electrons. The lowest BCUT2D eigenvalue weighted by Gasteiger charge is -2.17. The Hall–Kier alpha value is -1.22.